The van der Waals surface area contributed by atoms with Crippen molar-refractivity contribution in [3.63, 3.8) is 0 Å². The molecule has 0 atom stereocenters. The summed E-state index contributed by atoms with van der Waals surface area (Å²) in [7, 11) is 1.86. The largest absolute Gasteiger partial charge is 0.377 e. The van der Waals surface area contributed by atoms with Gasteiger partial charge in [0.2, 0.25) is 0 Å². The maximum Gasteiger partial charge on any atom is 0.131 e. The fourth-order valence-corrected chi connectivity index (χ4v) is 0.992. The van der Waals surface area contributed by atoms with Gasteiger partial charge >= 0.3 is 0 Å². The van der Waals surface area contributed by atoms with Crippen LogP contribution in [0, 0.1) is 0 Å². The molecule has 0 unspecified atom stereocenters. The molecule has 0 radical (unpaired) electrons. The van der Waals surface area contributed by atoms with Gasteiger partial charge < -0.3 is 10.1 Å². The Morgan fingerprint density at radius 2 is 2.42 bits per heavy atom. The van der Waals surface area contributed by atoms with E-state index in [0.29, 0.717) is 6.61 Å². The van der Waals surface area contributed by atoms with Crippen molar-refractivity contribution in [2.75, 3.05) is 19.0 Å². The van der Waals surface area contributed by atoms with Crippen molar-refractivity contribution >= 4 is 5.82 Å². The Morgan fingerprint density at radius 1 is 1.58 bits per heavy atom. The van der Waals surface area contributed by atoms with Gasteiger partial charge in [-0.15, -0.1) is 0 Å². The van der Waals surface area contributed by atoms with Crippen LogP contribution >= 0.6 is 0 Å². The fourth-order valence-electron chi connectivity index (χ4n) is 0.992. The van der Waals surface area contributed by atoms with Crippen molar-refractivity contribution in [2.45, 2.75) is 13.5 Å². The van der Waals surface area contributed by atoms with Crippen molar-refractivity contribution in [1.29, 1.82) is 0 Å². The first-order valence-corrected chi connectivity index (χ1v) is 4.08. The van der Waals surface area contributed by atoms with E-state index in [1.54, 1.807) is 6.20 Å². The molecule has 0 spiro atoms. The van der Waals surface area contributed by atoms with Gasteiger partial charge in [-0.1, -0.05) is 6.07 Å². The minimum atomic E-state index is 0.626. The van der Waals surface area contributed by atoms with Crippen LogP contribution in [0.5, 0.6) is 0 Å². The molecule has 0 bridgehead atoms. The van der Waals surface area contributed by atoms with Crippen LogP contribution in [-0.2, 0) is 11.3 Å². The van der Waals surface area contributed by atoms with E-state index in [1.165, 1.54) is 0 Å². The summed E-state index contributed by atoms with van der Waals surface area (Å²) in [5.74, 6) is 0.894. The molecule has 66 valence electrons. The highest BCUT2D eigenvalue weighted by Crippen LogP contribution is 2.11. The summed E-state index contributed by atoms with van der Waals surface area (Å²) < 4.78 is 5.28. The Kier molecular flexibility index (Phi) is 3.54. The lowest BCUT2D eigenvalue weighted by Crippen LogP contribution is -2.00. The highest BCUT2D eigenvalue weighted by Gasteiger charge is 1.99. The maximum atomic E-state index is 5.28. The number of hydrogen-bond donors (Lipinski definition) is 1. The van der Waals surface area contributed by atoms with Gasteiger partial charge in [0.15, 0.2) is 0 Å². The number of hydrogen-bond acceptors (Lipinski definition) is 3. The predicted octanol–water partition coefficient (Wildman–Crippen LogP) is 1.66. The maximum absolute atomic E-state index is 5.28. The molecule has 0 aliphatic heterocycles. The minimum Gasteiger partial charge on any atom is -0.377 e. The van der Waals surface area contributed by atoms with Gasteiger partial charge in [-0.05, 0) is 13.0 Å². The lowest BCUT2D eigenvalue weighted by atomic mass is 10.3. The van der Waals surface area contributed by atoms with E-state index in [2.05, 4.69) is 10.3 Å². The van der Waals surface area contributed by atoms with Crippen LogP contribution in [0.25, 0.3) is 0 Å². The Labute approximate surface area is 72.8 Å². The van der Waals surface area contributed by atoms with Gasteiger partial charge in [-0.2, -0.15) is 0 Å². The van der Waals surface area contributed by atoms with E-state index < -0.39 is 0 Å². The summed E-state index contributed by atoms with van der Waals surface area (Å²) in [6.07, 6.45) is 1.77. The molecule has 1 N–H and O–H groups in total. The zero-order chi connectivity index (χ0) is 8.81. The SMILES string of the molecule is CCOCc1cccnc1NC. The number of pyridine rings is 1. The number of ether oxygens (including phenoxy) is 1. The minimum absolute atomic E-state index is 0.626. The second-order valence-corrected chi connectivity index (χ2v) is 2.40. The summed E-state index contributed by atoms with van der Waals surface area (Å²) in [5, 5.41) is 3.01. The van der Waals surface area contributed by atoms with Crippen molar-refractivity contribution in [3.8, 4) is 0 Å². The molecule has 3 nitrogen and oxygen atoms in total. The van der Waals surface area contributed by atoms with Crippen LogP contribution in [0.3, 0.4) is 0 Å². The number of anilines is 1. The molecule has 1 rings (SSSR count). The van der Waals surface area contributed by atoms with E-state index in [0.717, 1.165) is 18.0 Å². The summed E-state index contributed by atoms with van der Waals surface area (Å²) in [6.45, 7) is 3.34. The van der Waals surface area contributed by atoms with E-state index in [-0.39, 0.29) is 0 Å². The molecule has 0 aliphatic rings. The van der Waals surface area contributed by atoms with Gasteiger partial charge in [0, 0.05) is 25.4 Å². The number of rotatable bonds is 4. The van der Waals surface area contributed by atoms with Crippen LogP contribution < -0.4 is 5.32 Å². The lowest BCUT2D eigenvalue weighted by molar-refractivity contribution is 0.134. The standard InChI is InChI=1S/C9H14N2O/c1-3-12-7-8-5-4-6-11-9(8)10-2/h4-6H,3,7H2,1-2H3,(H,10,11). The van der Waals surface area contributed by atoms with Gasteiger partial charge in [0.05, 0.1) is 6.61 Å². The van der Waals surface area contributed by atoms with Gasteiger partial charge in [0.25, 0.3) is 0 Å². The molecule has 1 aromatic heterocycles. The van der Waals surface area contributed by atoms with Crippen LogP contribution in [0.1, 0.15) is 12.5 Å². The molecule has 1 heterocycles. The van der Waals surface area contributed by atoms with Crippen molar-refractivity contribution in [2.24, 2.45) is 0 Å². The normalized spacial score (nSPS) is 9.83. The third-order valence-electron chi connectivity index (χ3n) is 1.59. The van der Waals surface area contributed by atoms with Crippen LogP contribution in [0.2, 0.25) is 0 Å². The van der Waals surface area contributed by atoms with E-state index >= 15 is 0 Å². The van der Waals surface area contributed by atoms with Gasteiger partial charge in [-0.25, -0.2) is 4.98 Å². The second kappa shape index (κ2) is 4.72. The number of nitrogens with zero attached hydrogens (tertiary/aromatic N) is 1. The molecule has 0 fully saturated rings. The smallest absolute Gasteiger partial charge is 0.131 e. The Hall–Kier alpha value is -1.09. The molecule has 0 aromatic carbocycles. The lowest BCUT2D eigenvalue weighted by Gasteiger charge is -2.06. The molecule has 12 heavy (non-hydrogen) atoms. The zero-order valence-electron chi connectivity index (χ0n) is 7.50. The highest BCUT2D eigenvalue weighted by molar-refractivity contribution is 5.42. The Balaban J connectivity index is 2.68. The third-order valence-corrected chi connectivity index (χ3v) is 1.59. The second-order valence-electron chi connectivity index (χ2n) is 2.40. The summed E-state index contributed by atoms with van der Waals surface area (Å²) in [6, 6.07) is 3.92. The Morgan fingerprint density at radius 3 is 3.08 bits per heavy atom. The predicted molar refractivity (Wildman–Crippen MR) is 49.1 cm³/mol. The molecule has 0 amide bonds. The first kappa shape index (κ1) is 9.00. The van der Waals surface area contributed by atoms with Crippen LogP contribution in [-0.4, -0.2) is 18.6 Å². The van der Waals surface area contributed by atoms with E-state index in [4.69, 9.17) is 4.74 Å². The number of aromatic nitrogens is 1. The van der Waals surface area contributed by atoms with Gasteiger partial charge in [-0.3, -0.25) is 0 Å². The summed E-state index contributed by atoms with van der Waals surface area (Å²) >= 11 is 0. The van der Waals surface area contributed by atoms with E-state index in [1.807, 2.05) is 26.1 Å². The first-order chi connectivity index (χ1) is 5.88. The average molecular weight is 166 g/mol. The molecular weight excluding hydrogens is 152 g/mol. The third kappa shape index (κ3) is 2.20. The molecule has 0 aliphatic carbocycles. The first-order valence-electron chi connectivity index (χ1n) is 4.08. The topological polar surface area (TPSA) is 34.1 Å². The average Bonchev–Trinajstić information content (AvgIpc) is 2.15. The molecular formula is C9H14N2O. The molecule has 1 aromatic rings. The van der Waals surface area contributed by atoms with Crippen LogP contribution in [0.15, 0.2) is 18.3 Å². The highest BCUT2D eigenvalue weighted by atomic mass is 16.5. The van der Waals surface area contributed by atoms with E-state index in [9.17, 15) is 0 Å². The number of nitrogens with one attached hydrogen (secondary N) is 1. The fraction of sp³-hybridized carbons (Fsp3) is 0.444. The van der Waals surface area contributed by atoms with Crippen molar-refractivity contribution in [3.05, 3.63) is 23.9 Å². The van der Waals surface area contributed by atoms with Crippen molar-refractivity contribution < 1.29 is 4.74 Å². The van der Waals surface area contributed by atoms with Crippen LogP contribution in [0.4, 0.5) is 5.82 Å². The molecule has 0 saturated carbocycles. The summed E-state index contributed by atoms with van der Waals surface area (Å²) in [4.78, 5) is 4.16. The van der Waals surface area contributed by atoms with Crippen molar-refractivity contribution in [1.82, 2.24) is 4.98 Å². The van der Waals surface area contributed by atoms with Gasteiger partial charge in [0.1, 0.15) is 5.82 Å². The quantitative estimate of drug-likeness (QED) is 0.738. The molecule has 0 saturated heterocycles. The zero-order valence-corrected chi connectivity index (χ0v) is 7.50. The monoisotopic (exact) mass is 166 g/mol. The molecule has 3 heteroatoms. The Bertz CT molecular complexity index is 238. The summed E-state index contributed by atoms with van der Waals surface area (Å²) in [5.41, 5.74) is 1.10.